The van der Waals surface area contributed by atoms with E-state index < -0.39 is 0 Å². The second kappa shape index (κ2) is 8.52. The van der Waals surface area contributed by atoms with Gasteiger partial charge in [0, 0.05) is 12.1 Å². The molecule has 0 unspecified atom stereocenters. The highest BCUT2D eigenvalue weighted by atomic mass is 16.5. The van der Waals surface area contributed by atoms with Crippen molar-refractivity contribution in [2.75, 3.05) is 6.61 Å². The molecule has 1 heterocycles. The first-order valence-electron chi connectivity index (χ1n) is 10.3. The van der Waals surface area contributed by atoms with Crippen LogP contribution in [0.4, 0.5) is 0 Å². The normalized spacial score (nSPS) is 11.1. The Bertz CT molecular complexity index is 1110. The number of hydrogen-bond acceptors (Lipinski definition) is 2. The molecule has 0 aliphatic carbocycles. The molecule has 0 aliphatic rings. The summed E-state index contributed by atoms with van der Waals surface area (Å²) in [5.74, 6) is 2.02. The summed E-state index contributed by atoms with van der Waals surface area (Å²) in [6.07, 6.45) is 2.05. The van der Waals surface area contributed by atoms with E-state index in [1.54, 1.807) is 0 Å². The summed E-state index contributed by atoms with van der Waals surface area (Å²) in [6.45, 7) is 8.03. The minimum Gasteiger partial charge on any atom is -0.494 e. The first-order chi connectivity index (χ1) is 14.1. The van der Waals surface area contributed by atoms with Gasteiger partial charge in [-0.25, -0.2) is 4.98 Å². The predicted octanol–water partition coefficient (Wildman–Crippen LogP) is 6.49. The second-order valence-electron chi connectivity index (χ2n) is 7.77. The van der Waals surface area contributed by atoms with E-state index in [0.29, 0.717) is 0 Å². The number of unbranched alkanes of at least 4 members (excludes halogenated alkanes) is 1. The van der Waals surface area contributed by atoms with Crippen molar-refractivity contribution in [3.63, 3.8) is 0 Å². The molecule has 148 valence electrons. The highest BCUT2D eigenvalue weighted by Crippen LogP contribution is 2.27. The number of fused-ring (bicyclic) bond motifs is 1. The minimum atomic E-state index is 0.731. The van der Waals surface area contributed by atoms with Crippen LogP contribution in [0.15, 0.2) is 66.7 Å². The molecule has 0 saturated heterocycles. The van der Waals surface area contributed by atoms with Crippen LogP contribution in [0.3, 0.4) is 0 Å². The fourth-order valence-electron chi connectivity index (χ4n) is 3.91. The summed E-state index contributed by atoms with van der Waals surface area (Å²) in [4.78, 5) is 4.94. The Labute approximate surface area is 173 Å². The van der Waals surface area contributed by atoms with Gasteiger partial charge in [0.2, 0.25) is 0 Å². The van der Waals surface area contributed by atoms with E-state index in [9.17, 15) is 0 Å². The molecule has 0 spiro atoms. The lowest BCUT2D eigenvalue weighted by Crippen LogP contribution is -2.04. The van der Waals surface area contributed by atoms with Gasteiger partial charge >= 0.3 is 0 Å². The molecule has 4 rings (SSSR count). The zero-order valence-electron chi connectivity index (χ0n) is 17.5. The van der Waals surface area contributed by atoms with E-state index in [2.05, 4.69) is 92.1 Å². The van der Waals surface area contributed by atoms with Crippen molar-refractivity contribution in [2.24, 2.45) is 0 Å². The topological polar surface area (TPSA) is 27.1 Å². The Kier molecular flexibility index (Phi) is 5.66. The summed E-state index contributed by atoms with van der Waals surface area (Å²) in [7, 11) is 0. The Morgan fingerprint density at radius 1 is 0.828 bits per heavy atom. The van der Waals surface area contributed by atoms with Gasteiger partial charge < -0.3 is 9.30 Å². The quantitative estimate of drug-likeness (QED) is 0.341. The van der Waals surface area contributed by atoms with Crippen molar-refractivity contribution in [2.45, 2.75) is 40.2 Å². The average molecular weight is 385 g/mol. The van der Waals surface area contributed by atoms with Crippen molar-refractivity contribution in [3.05, 3.63) is 83.4 Å². The molecule has 0 N–H and O–H groups in total. The Balaban J connectivity index is 1.47. The number of benzene rings is 3. The van der Waals surface area contributed by atoms with Gasteiger partial charge in [-0.1, -0.05) is 42.5 Å². The molecule has 4 aromatic rings. The summed E-state index contributed by atoms with van der Waals surface area (Å²) < 4.78 is 8.34. The fraction of sp³-hybridized carbons (Fsp3) is 0.269. The molecule has 1 aromatic heterocycles. The van der Waals surface area contributed by atoms with Crippen LogP contribution in [0.5, 0.6) is 5.75 Å². The van der Waals surface area contributed by atoms with Crippen LogP contribution in [0.1, 0.15) is 29.5 Å². The van der Waals surface area contributed by atoms with E-state index in [1.165, 1.54) is 27.8 Å². The third kappa shape index (κ3) is 4.34. The molecule has 0 aliphatic heterocycles. The second-order valence-corrected chi connectivity index (χ2v) is 7.77. The molecular weight excluding hydrogens is 356 g/mol. The molecule has 0 saturated carbocycles. The van der Waals surface area contributed by atoms with Crippen LogP contribution in [0, 0.1) is 20.8 Å². The van der Waals surface area contributed by atoms with Crippen LogP contribution < -0.4 is 4.74 Å². The summed E-state index contributed by atoms with van der Waals surface area (Å²) in [5.41, 5.74) is 7.19. The highest BCUT2D eigenvalue weighted by molar-refractivity contribution is 5.81. The third-order valence-corrected chi connectivity index (χ3v) is 5.28. The lowest BCUT2D eigenvalue weighted by Gasteiger charge is -2.12. The van der Waals surface area contributed by atoms with E-state index in [-0.39, 0.29) is 0 Å². The van der Waals surface area contributed by atoms with Crippen LogP contribution in [0.25, 0.3) is 22.4 Å². The number of hydrogen-bond donors (Lipinski definition) is 0. The van der Waals surface area contributed by atoms with Crippen molar-refractivity contribution in [1.29, 1.82) is 0 Å². The van der Waals surface area contributed by atoms with Crippen LogP contribution in [0.2, 0.25) is 0 Å². The highest BCUT2D eigenvalue weighted by Gasteiger charge is 2.13. The van der Waals surface area contributed by atoms with Gasteiger partial charge in [0.15, 0.2) is 0 Å². The van der Waals surface area contributed by atoms with Gasteiger partial charge in [0.25, 0.3) is 0 Å². The van der Waals surface area contributed by atoms with Gasteiger partial charge in [-0.15, -0.1) is 0 Å². The summed E-state index contributed by atoms with van der Waals surface area (Å²) in [5, 5.41) is 0. The van der Waals surface area contributed by atoms with E-state index >= 15 is 0 Å². The minimum absolute atomic E-state index is 0.731. The van der Waals surface area contributed by atoms with Gasteiger partial charge in [-0.3, -0.25) is 0 Å². The SMILES string of the molecule is Cc1cc(C)cc(OCCCCn2c(-c3ccccc3C)nc3ccccc32)c1. The number of nitrogens with zero attached hydrogens (tertiary/aromatic N) is 2. The molecule has 0 fully saturated rings. The largest absolute Gasteiger partial charge is 0.494 e. The number of aryl methyl sites for hydroxylation is 4. The number of rotatable bonds is 7. The molecule has 3 aromatic carbocycles. The van der Waals surface area contributed by atoms with Gasteiger partial charge in [-0.2, -0.15) is 0 Å². The maximum Gasteiger partial charge on any atom is 0.141 e. The number of para-hydroxylation sites is 2. The Hall–Kier alpha value is -3.07. The molecule has 3 heteroatoms. The van der Waals surface area contributed by atoms with E-state index in [0.717, 1.165) is 43.1 Å². The molecular formula is C26H28N2O. The fourth-order valence-corrected chi connectivity index (χ4v) is 3.91. The van der Waals surface area contributed by atoms with E-state index in [4.69, 9.17) is 9.72 Å². The standard InChI is InChI=1S/C26H28N2O/c1-19-16-20(2)18-22(17-19)29-15-9-8-14-28-25-13-7-6-12-24(25)27-26(28)23-11-5-4-10-21(23)3/h4-7,10-13,16-18H,8-9,14-15H2,1-3H3. The lowest BCUT2D eigenvalue weighted by atomic mass is 10.1. The molecule has 0 amide bonds. The average Bonchev–Trinajstić information content (AvgIpc) is 3.06. The molecule has 3 nitrogen and oxygen atoms in total. The summed E-state index contributed by atoms with van der Waals surface area (Å²) in [6, 6.07) is 23.3. The number of aromatic nitrogens is 2. The molecule has 29 heavy (non-hydrogen) atoms. The number of imidazole rings is 1. The van der Waals surface area contributed by atoms with Gasteiger partial charge in [0.05, 0.1) is 17.6 Å². The van der Waals surface area contributed by atoms with Crippen molar-refractivity contribution >= 4 is 11.0 Å². The predicted molar refractivity (Wildman–Crippen MR) is 121 cm³/mol. The van der Waals surface area contributed by atoms with Crippen molar-refractivity contribution in [3.8, 4) is 17.1 Å². The maximum absolute atomic E-state index is 5.98. The van der Waals surface area contributed by atoms with Crippen LogP contribution in [-0.2, 0) is 6.54 Å². The Morgan fingerprint density at radius 2 is 1.55 bits per heavy atom. The first-order valence-corrected chi connectivity index (χ1v) is 10.3. The summed E-state index contributed by atoms with van der Waals surface area (Å²) >= 11 is 0. The third-order valence-electron chi connectivity index (χ3n) is 5.28. The number of ether oxygens (including phenoxy) is 1. The molecule has 0 radical (unpaired) electrons. The van der Waals surface area contributed by atoms with Crippen molar-refractivity contribution < 1.29 is 4.74 Å². The lowest BCUT2D eigenvalue weighted by molar-refractivity contribution is 0.303. The van der Waals surface area contributed by atoms with Gasteiger partial charge in [-0.05, 0) is 74.6 Å². The molecule has 0 bridgehead atoms. The zero-order valence-corrected chi connectivity index (χ0v) is 17.5. The van der Waals surface area contributed by atoms with Gasteiger partial charge in [0.1, 0.15) is 11.6 Å². The monoisotopic (exact) mass is 384 g/mol. The zero-order chi connectivity index (χ0) is 20.2. The smallest absolute Gasteiger partial charge is 0.141 e. The maximum atomic E-state index is 5.98. The van der Waals surface area contributed by atoms with Crippen molar-refractivity contribution in [1.82, 2.24) is 9.55 Å². The van der Waals surface area contributed by atoms with E-state index in [1.807, 2.05) is 0 Å². The van der Waals surface area contributed by atoms with Crippen LogP contribution in [-0.4, -0.2) is 16.2 Å². The first kappa shape index (κ1) is 19.3. The Morgan fingerprint density at radius 3 is 2.34 bits per heavy atom. The molecule has 0 atom stereocenters. The van der Waals surface area contributed by atoms with Crippen LogP contribution >= 0.6 is 0 Å².